The molecule has 0 unspecified atom stereocenters. The maximum Gasteiger partial charge on any atom is 0.306 e. The fourth-order valence-corrected chi connectivity index (χ4v) is 6.96. The lowest BCUT2D eigenvalue weighted by atomic mass is 10.1. The highest BCUT2D eigenvalue weighted by molar-refractivity contribution is 5.71. The summed E-state index contributed by atoms with van der Waals surface area (Å²) in [5, 5.41) is 0. The van der Waals surface area contributed by atoms with Crippen LogP contribution in [-0.4, -0.2) is 37.2 Å². The number of rotatable bonds is 48. The van der Waals surface area contributed by atoms with Crippen LogP contribution in [0.1, 0.15) is 226 Å². The van der Waals surface area contributed by atoms with E-state index in [1.165, 1.54) is 51.4 Å². The Balaban J connectivity index is 4.59. The van der Waals surface area contributed by atoms with Gasteiger partial charge < -0.3 is 14.2 Å². The van der Waals surface area contributed by atoms with Gasteiger partial charge in [0.2, 0.25) is 0 Å². The number of ether oxygens (including phenoxy) is 3. The van der Waals surface area contributed by atoms with E-state index in [0.29, 0.717) is 19.3 Å². The fourth-order valence-electron chi connectivity index (χ4n) is 6.96. The molecule has 0 aromatic rings. The molecule has 6 heteroatoms. The van der Waals surface area contributed by atoms with Crippen LogP contribution >= 0.6 is 0 Å². The van der Waals surface area contributed by atoms with Gasteiger partial charge in [0.05, 0.1) is 0 Å². The van der Waals surface area contributed by atoms with Crippen LogP contribution in [0.3, 0.4) is 0 Å². The Kier molecular flexibility index (Phi) is 52.5. The summed E-state index contributed by atoms with van der Waals surface area (Å²) in [6.07, 6.45) is 78.7. The molecule has 0 amide bonds. The van der Waals surface area contributed by atoms with E-state index in [9.17, 15) is 14.4 Å². The molecule has 388 valence electrons. The van der Waals surface area contributed by atoms with Crippen LogP contribution in [0, 0.1) is 0 Å². The van der Waals surface area contributed by atoms with Crippen LogP contribution in [-0.2, 0) is 28.6 Å². The van der Waals surface area contributed by atoms with Crippen molar-refractivity contribution in [1.29, 1.82) is 0 Å². The Morgan fingerprint density at radius 3 is 0.942 bits per heavy atom. The van der Waals surface area contributed by atoms with Crippen molar-refractivity contribution in [3.05, 3.63) is 134 Å². The van der Waals surface area contributed by atoms with E-state index < -0.39 is 6.10 Å². The second-order valence-corrected chi connectivity index (χ2v) is 17.7. The predicted octanol–water partition coefficient (Wildman–Crippen LogP) is 18.6. The standard InChI is InChI=1S/C63H100O6/c1-4-7-10-13-16-19-22-25-28-30-31-33-35-38-41-44-47-50-53-56-62(65)68-59-60(58-67-61(64)55-52-49-46-43-40-37-34-27-24-21-18-15-12-9-6-3)69-63(66)57-54-51-48-45-42-39-36-32-29-26-23-20-17-14-11-8-5-2/h8,11,16-21,25-29,31,33-34,36,38-39,41,45,48,60H,4-7,9-10,12-15,22-24,30,32,35,37,40,42-44,46-47,49-59H2,1-3H3/b11-8+,19-16+,20-17+,21-18+,28-25+,29-26+,33-31+,34-27+,39-36+,41-38+,48-45+/t60-/m1/s1. The van der Waals surface area contributed by atoms with Gasteiger partial charge in [0.25, 0.3) is 0 Å². The van der Waals surface area contributed by atoms with Crippen LogP contribution in [0.4, 0.5) is 0 Å². The Labute approximate surface area is 424 Å². The molecule has 0 heterocycles. The van der Waals surface area contributed by atoms with E-state index in [-0.39, 0.29) is 37.5 Å². The summed E-state index contributed by atoms with van der Waals surface area (Å²) in [5.74, 6) is -1.03. The number of esters is 3. The van der Waals surface area contributed by atoms with Gasteiger partial charge in [-0.05, 0) is 135 Å². The average molecular weight is 953 g/mol. The Morgan fingerprint density at radius 2 is 0.580 bits per heavy atom. The molecule has 0 saturated heterocycles. The molecule has 0 aromatic heterocycles. The second kappa shape index (κ2) is 56.1. The molecular formula is C63H100O6. The molecule has 0 aliphatic carbocycles. The summed E-state index contributed by atoms with van der Waals surface area (Å²) in [6.45, 7) is 6.37. The van der Waals surface area contributed by atoms with Crippen LogP contribution in [0.15, 0.2) is 134 Å². The first-order valence-electron chi connectivity index (χ1n) is 27.7. The molecule has 0 aromatic carbocycles. The summed E-state index contributed by atoms with van der Waals surface area (Å²) < 4.78 is 16.8. The molecule has 0 bridgehead atoms. The van der Waals surface area contributed by atoms with Crippen LogP contribution < -0.4 is 0 Å². The zero-order valence-electron chi connectivity index (χ0n) is 44.3. The second-order valence-electron chi connectivity index (χ2n) is 17.7. The highest BCUT2D eigenvalue weighted by atomic mass is 16.6. The lowest BCUT2D eigenvalue weighted by Gasteiger charge is -2.18. The van der Waals surface area contributed by atoms with Crippen molar-refractivity contribution in [2.24, 2.45) is 0 Å². The minimum atomic E-state index is -0.832. The Morgan fingerprint density at radius 1 is 0.304 bits per heavy atom. The summed E-state index contributed by atoms with van der Waals surface area (Å²) in [5.41, 5.74) is 0. The Bertz CT molecular complexity index is 1510. The molecule has 0 spiro atoms. The molecule has 0 rings (SSSR count). The quantitative estimate of drug-likeness (QED) is 0.0262. The van der Waals surface area contributed by atoms with Gasteiger partial charge in [-0.25, -0.2) is 0 Å². The van der Waals surface area contributed by atoms with E-state index in [0.717, 1.165) is 128 Å². The maximum atomic E-state index is 12.8. The van der Waals surface area contributed by atoms with Crippen LogP contribution in [0.2, 0.25) is 0 Å². The third-order valence-corrected chi connectivity index (χ3v) is 11.1. The summed E-state index contributed by atoms with van der Waals surface area (Å²) in [4.78, 5) is 38.1. The average Bonchev–Trinajstić information content (AvgIpc) is 3.35. The summed E-state index contributed by atoms with van der Waals surface area (Å²) >= 11 is 0. The number of allylic oxidation sites excluding steroid dienone is 22. The number of carbonyl (C=O) groups is 3. The zero-order chi connectivity index (χ0) is 50.0. The molecule has 0 radical (unpaired) electrons. The first-order valence-corrected chi connectivity index (χ1v) is 27.7. The van der Waals surface area contributed by atoms with Crippen LogP contribution in [0.25, 0.3) is 0 Å². The van der Waals surface area contributed by atoms with Crippen molar-refractivity contribution < 1.29 is 28.6 Å². The van der Waals surface area contributed by atoms with Crippen molar-refractivity contribution in [2.75, 3.05) is 13.2 Å². The van der Waals surface area contributed by atoms with Gasteiger partial charge in [-0.2, -0.15) is 0 Å². The van der Waals surface area contributed by atoms with Crippen LogP contribution in [0.5, 0.6) is 0 Å². The molecule has 1 atom stereocenters. The molecule has 0 aliphatic heterocycles. The normalized spacial score (nSPS) is 13.1. The first-order chi connectivity index (χ1) is 34.0. The highest BCUT2D eigenvalue weighted by Crippen LogP contribution is 2.12. The van der Waals surface area contributed by atoms with E-state index in [1.54, 1.807) is 0 Å². The van der Waals surface area contributed by atoms with Crippen molar-refractivity contribution in [1.82, 2.24) is 0 Å². The minimum absolute atomic E-state index is 0.123. The zero-order valence-corrected chi connectivity index (χ0v) is 44.3. The predicted molar refractivity (Wildman–Crippen MR) is 297 cm³/mol. The minimum Gasteiger partial charge on any atom is -0.462 e. The maximum absolute atomic E-state index is 12.8. The van der Waals surface area contributed by atoms with Gasteiger partial charge in [-0.3, -0.25) is 14.4 Å². The largest absolute Gasteiger partial charge is 0.462 e. The van der Waals surface area contributed by atoms with Gasteiger partial charge in [-0.15, -0.1) is 0 Å². The monoisotopic (exact) mass is 953 g/mol. The molecule has 0 saturated carbocycles. The lowest BCUT2D eigenvalue weighted by Crippen LogP contribution is -2.30. The number of hydrogen-bond donors (Lipinski definition) is 0. The number of carbonyl (C=O) groups excluding carboxylic acids is 3. The molecular weight excluding hydrogens is 853 g/mol. The number of hydrogen-bond acceptors (Lipinski definition) is 6. The van der Waals surface area contributed by atoms with Gasteiger partial charge >= 0.3 is 17.9 Å². The smallest absolute Gasteiger partial charge is 0.306 e. The topological polar surface area (TPSA) is 78.9 Å². The molecule has 0 fully saturated rings. The molecule has 69 heavy (non-hydrogen) atoms. The van der Waals surface area contributed by atoms with E-state index in [1.807, 2.05) is 0 Å². The van der Waals surface area contributed by atoms with Crippen molar-refractivity contribution in [3.8, 4) is 0 Å². The van der Waals surface area contributed by atoms with Crippen molar-refractivity contribution in [2.45, 2.75) is 232 Å². The van der Waals surface area contributed by atoms with Crippen molar-refractivity contribution >= 4 is 17.9 Å². The first kappa shape index (κ1) is 64.5. The van der Waals surface area contributed by atoms with Gasteiger partial charge in [0.1, 0.15) is 13.2 Å². The molecule has 0 aliphatic rings. The lowest BCUT2D eigenvalue weighted by molar-refractivity contribution is -0.167. The van der Waals surface area contributed by atoms with E-state index in [2.05, 4.69) is 154 Å². The summed E-state index contributed by atoms with van der Waals surface area (Å²) in [6, 6.07) is 0. The Hall–Kier alpha value is -4.45. The van der Waals surface area contributed by atoms with Crippen molar-refractivity contribution in [3.63, 3.8) is 0 Å². The number of unbranched alkanes of at least 4 members (excludes halogenated alkanes) is 15. The SMILES string of the molecule is CC/C=C/C/C=C/C/C=C/C/C=C/C/C=C/CCCC(=O)O[C@@H](COC(=O)CCCCC/C=C/C/C=C/C/C=C/C/C=C/CCCCC)COC(=O)CCCCCCC/C=C/C/C=C/CCCCC. The third-order valence-electron chi connectivity index (χ3n) is 11.1. The van der Waals surface area contributed by atoms with Gasteiger partial charge in [0.15, 0.2) is 6.10 Å². The molecule has 6 nitrogen and oxygen atoms in total. The van der Waals surface area contributed by atoms with Gasteiger partial charge in [0, 0.05) is 19.3 Å². The van der Waals surface area contributed by atoms with Gasteiger partial charge in [-0.1, -0.05) is 206 Å². The summed E-state index contributed by atoms with van der Waals surface area (Å²) in [7, 11) is 0. The third kappa shape index (κ3) is 54.4. The van der Waals surface area contributed by atoms with E-state index in [4.69, 9.17) is 14.2 Å². The van der Waals surface area contributed by atoms with E-state index >= 15 is 0 Å². The molecule has 0 N–H and O–H groups in total. The highest BCUT2D eigenvalue weighted by Gasteiger charge is 2.19. The fraction of sp³-hybridized carbons (Fsp3) is 0.603.